The van der Waals surface area contributed by atoms with Gasteiger partial charge in [0.25, 0.3) is 0 Å². The van der Waals surface area contributed by atoms with Crippen molar-refractivity contribution in [2.45, 2.75) is 58.4 Å². The second-order valence-electron chi connectivity index (χ2n) is 11.0. The number of piperidine rings is 1. The van der Waals surface area contributed by atoms with Gasteiger partial charge in [-0.2, -0.15) is 0 Å². The summed E-state index contributed by atoms with van der Waals surface area (Å²) in [6.45, 7) is 7.38. The summed E-state index contributed by atoms with van der Waals surface area (Å²) in [5.41, 5.74) is 6.79. The van der Waals surface area contributed by atoms with Crippen molar-refractivity contribution in [1.82, 2.24) is 19.4 Å². The van der Waals surface area contributed by atoms with Gasteiger partial charge in [-0.1, -0.05) is 49.4 Å². The predicted molar refractivity (Wildman–Crippen MR) is 157 cm³/mol. The predicted octanol–water partition coefficient (Wildman–Crippen LogP) is 6.42. The number of rotatable bonds is 10. The zero-order chi connectivity index (χ0) is 27.2. The largest absolute Gasteiger partial charge is 0.385 e. The summed E-state index contributed by atoms with van der Waals surface area (Å²) in [7, 11) is 1.75. The number of hydrogen-bond donors (Lipinski definition) is 0. The number of hydrogen-bond acceptors (Lipinski definition) is 4. The molecule has 0 unspecified atom stereocenters. The summed E-state index contributed by atoms with van der Waals surface area (Å²) in [6, 6.07) is 21.2. The van der Waals surface area contributed by atoms with E-state index in [0.717, 1.165) is 74.5 Å². The topological polar surface area (TPSA) is 60.2 Å². The van der Waals surface area contributed by atoms with Gasteiger partial charge in [-0.05, 0) is 67.9 Å². The van der Waals surface area contributed by atoms with Gasteiger partial charge < -0.3 is 14.2 Å². The molecule has 3 heterocycles. The molecule has 204 valence electrons. The minimum absolute atomic E-state index is 0.261. The molecule has 1 amide bonds. The van der Waals surface area contributed by atoms with Gasteiger partial charge in [0.2, 0.25) is 5.91 Å². The van der Waals surface area contributed by atoms with Crippen molar-refractivity contribution in [3.8, 4) is 11.1 Å². The third-order valence-electron chi connectivity index (χ3n) is 7.86. The van der Waals surface area contributed by atoms with E-state index in [-0.39, 0.29) is 17.7 Å². The second-order valence-corrected chi connectivity index (χ2v) is 11.0. The zero-order valence-corrected chi connectivity index (χ0v) is 23.5. The maximum absolute atomic E-state index is 13.4. The Balaban J connectivity index is 1.21. The first-order valence-corrected chi connectivity index (χ1v) is 14.3. The Morgan fingerprint density at radius 2 is 1.87 bits per heavy atom. The van der Waals surface area contributed by atoms with E-state index in [0.29, 0.717) is 6.42 Å². The number of aryl methyl sites for hydroxylation is 2. The number of aromatic nitrogens is 3. The van der Waals surface area contributed by atoms with Crippen molar-refractivity contribution in [2.24, 2.45) is 5.92 Å². The molecule has 39 heavy (non-hydrogen) atoms. The van der Waals surface area contributed by atoms with Crippen molar-refractivity contribution >= 4 is 16.9 Å². The molecule has 2 aromatic carbocycles. The van der Waals surface area contributed by atoms with Gasteiger partial charge in [-0.15, -0.1) is 0 Å². The van der Waals surface area contributed by atoms with Crippen LogP contribution in [0.4, 0.5) is 0 Å². The minimum Gasteiger partial charge on any atom is -0.385 e. The average Bonchev–Trinajstić information content (AvgIpc) is 3.33. The number of methoxy groups -OCH3 is 1. The Labute approximate surface area is 232 Å². The van der Waals surface area contributed by atoms with Crippen LogP contribution < -0.4 is 0 Å². The first-order chi connectivity index (χ1) is 19.0. The SMILES string of the molecule is COCCCn1c([C@@H]2CCCN(C(=O)C[C@H](C)Cc3ccc(-c4ccc(C)nc4)cc3)C2)nc2ccccc21. The summed E-state index contributed by atoms with van der Waals surface area (Å²) in [4.78, 5) is 24.9. The lowest BCUT2D eigenvalue weighted by molar-refractivity contribution is -0.133. The standard InChI is InChI=1S/C33H40N4O2/c1-24(20-26-12-15-27(16-13-26)28-14-11-25(2)34-22-28)21-32(38)36-17-6-8-29(23-36)33-35-30-9-4-5-10-31(30)37(33)18-7-19-39-3/h4-5,9-16,22,24,29H,6-8,17-21,23H2,1-3H3/t24-,29-/m1/s1. The molecule has 0 radical (unpaired) electrons. The van der Waals surface area contributed by atoms with Crippen LogP contribution in [0.25, 0.3) is 22.2 Å². The molecule has 2 atom stereocenters. The van der Waals surface area contributed by atoms with E-state index in [1.165, 1.54) is 16.6 Å². The van der Waals surface area contributed by atoms with E-state index < -0.39 is 0 Å². The fourth-order valence-corrected chi connectivity index (χ4v) is 5.80. The maximum Gasteiger partial charge on any atom is 0.222 e. The quantitative estimate of drug-likeness (QED) is 0.225. The number of carbonyl (C=O) groups excluding carboxylic acids is 1. The molecule has 6 heteroatoms. The molecule has 0 aliphatic carbocycles. The van der Waals surface area contributed by atoms with Gasteiger partial charge >= 0.3 is 0 Å². The Hall–Kier alpha value is -3.51. The third-order valence-corrected chi connectivity index (χ3v) is 7.86. The highest BCUT2D eigenvalue weighted by molar-refractivity contribution is 5.77. The molecule has 0 saturated carbocycles. The van der Waals surface area contributed by atoms with Crippen LogP contribution in [0.1, 0.15) is 55.6 Å². The van der Waals surface area contributed by atoms with E-state index >= 15 is 0 Å². The van der Waals surface area contributed by atoms with Crippen molar-refractivity contribution in [3.05, 3.63) is 83.9 Å². The highest BCUT2D eigenvalue weighted by Crippen LogP contribution is 2.30. The van der Waals surface area contributed by atoms with Crippen LogP contribution in [-0.4, -0.2) is 52.1 Å². The minimum atomic E-state index is 0.261. The van der Waals surface area contributed by atoms with Crippen LogP contribution in [-0.2, 0) is 22.5 Å². The molecule has 1 fully saturated rings. The number of benzene rings is 2. The average molecular weight is 525 g/mol. The lowest BCUT2D eigenvalue weighted by Gasteiger charge is -2.33. The van der Waals surface area contributed by atoms with Crippen LogP contribution in [0.5, 0.6) is 0 Å². The van der Waals surface area contributed by atoms with Crippen LogP contribution in [0.15, 0.2) is 66.9 Å². The van der Waals surface area contributed by atoms with Crippen molar-refractivity contribution in [3.63, 3.8) is 0 Å². The molecule has 5 rings (SSSR count). The summed E-state index contributed by atoms with van der Waals surface area (Å²) < 4.78 is 7.66. The molecule has 0 N–H and O–H groups in total. The highest BCUT2D eigenvalue weighted by atomic mass is 16.5. The Bertz CT molecular complexity index is 1380. The van der Waals surface area contributed by atoms with Crippen molar-refractivity contribution in [2.75, 3.05) is 26.8 Å². The van der Waals surface area contributed by atoms with Crippen LogP contribution >= 0.6 is 0 Å². The van der Waals surface area contributed by atoms with Gasteiger partial charge in [-0.25, -0.2) is 4.98 Å². The number of imidazole rings is 1. The number of pyridine rings is 1. The number of para-hydroxylation sites is 2. The number of likely N-dealkylation sites (tertiary alicyclic amines) is 1. The molecule has 1 saturated heterocycles. The Morgan fingerprint density at radius 3 is 2.64 bits per heavy atom. The van der Waals surface area contributed by atoms with E-state index in [1.807, 2.05) is 25.3 Å². The smallest absolute Gasteiger partial charge is 0.222 e. The van der Waals surface area contributed by atoms with Crippen LogP contribution in [0, 0.1) is 12.8 Å². The Morgan fingerprint density at radius 1 is 1.08 bits per heavy atom. The van der Waals surface area contributed by atoms with E-state index in [4.69, 9.17) is 9.72 Å². The van der Waals surface area contributed by atoms with Crippen LogP contribution in [0.2, 0.25) is 0 Å². The lowest BCUT2D eigenvalue weighted by Crippen LogP contribution is -2.40. The van der Waals surface area contributed by atoms with E-state index in [9.17, 15) is 4.79 Å². The van der Waals surface area contributed by atoms with E-state index in [1.54, 1.807) is 7.11 Å². The number of ether oxygens (including phenoxy) is 1. The van der Waals surface area contributed by atoms with Gasteiger partial charge in [0, 0.05) is 63.1 Å². The number of nitrogens with zero attached hydrogens (tertiary/aromatic N) is 4. The molecule has 4 aromatic rings. The van der Waals surface area contributed by atoms with Gasteiger partial charge in [0.05, 0.1) is 11.0 Å². The first-order valence-electron chi connectivity index (χ1n) is 14.3. The molecule has 2 aromatic heterocycles. The normalized spacial score (nSPS) is 16.5. The monoisotopic (exact) mass is 524 g/mol. The zero-order valence-electron chi connectivity index (χ0n) is 23.5. The molecular weight excluding hydrogens is 484 g/mol. The first kappa shape index (κ1) is 27.1. The summed E-state index contributed by atoms with van der Waals surface area (Å²) in [5, 5.41) is 0. The molecule has 0 bridgehead atoms. The number of amides is 1. The number of carbonyl (C=O) groups is 1. The molecule has 6 nitrogen and oxygen atoms in total. The van der Waals surface area contributed by atoms with Gasteiger partial charge in [0.1, 0.15) is 5.82 Å². The maximum atomic E-state index is 13.4. The fraction of sp³-hybridized carbons (Fsp3) is 0.424. The molecule has 0 spiro atoms. The van der Waals surface area contributed by atoms with Gasteiger partial charge in [-0.3, -0.25) is 9.78 Å². The fourth-order valence-electron chi connectivity index (χ4n) is 5.80. The molecule has 1 aliphatic heterocycles. The summed E-state index contributed by atoms with van der Waals surface area (Å²) in [5.74, 6) is 1.92. The molecule has 1 aliphatic rings. The lowest BCUT2D eigenvalue weighted by atomic mass is 9.93. The van der Waals surface area contributed by atoms with Gasteiger partial charge in [0.15, 0.2) is 0 Å². The highest BCUT2D eigenvalue weighted by Gasteiger charge is 2.29. The van der Waals surface area contributed by atoms with Crippen molar-refractivity contribution in [1.29, 1.82) is 0 Å². The second kappa shape index (κ2) is 12.6. The third kappa shape index (κ3) is 6.56. The van der Waals surface area contributed by atoms with Crippen LogP contribution in [0.3, 0.4) is 0 Å². The van der Waals surface area contributed by atoms with Crippen molar-refractivity contribution < 1.29 is 9.53 Å². The summed E-state index contributed by atoms with van der Waals surface area (Å²) in [6.07, 6.45) is 6.41. The summed E-state index contributed by atoms with van der Waals surface area (Å²) >= 11 is 0. The Kier molecular flexibility index (Phi) is 8.72. The van der Waals surface area contributed by atoms with E-state index in [2.05, 4.69) is 69.9 Å². The number of fused-ring (bicyclic) bond motifs is 1. The molecular formula is C33H40N4O2.